The summed E-state index contributed by atoms with van der Waals surface area (Å²) in [6.45, 7) is 3.94. The molecule has 7 nitrogen and oxygen atoms in total. The fourth-order valence-corrected chi connectivity index (χ4v) is 4.31. The number of fused-ring (bicyclic) bond motifs is 2. The third-order valence-electron chi connectivity index (χ3n) is 4.51. The molecule has 0 radical (unpaired) electrons. The van der Waals surface area contributed by atoms with Gasteiger partial charge in [-0.3, -0.25) is 0 Å². The molecule has 2 atom stereocenters. The second kappa shape index (κ2) is 6.52. The molecule has 2 N–H and O–H groups in total. The number of thiophene rings is 1. The molecule has 0 spiro atoms. The molecule has 128 valence electrons. The first-order valence-corrected chi connectivity index (χ1v) is 9.22. The Labute approximate surface area is 144 Å². The maximum absolute atomic E-state index is 12.3. The number of ether oxygens (including phenoxy) is 1. The van der Waals surface area contributed by atoms with E-state index in [9.17, 15) is 4.79 Å². The molecule has 2 aromatic heterocycles. The summed E-state index contributed by atoms with van der Waals surface area (Å²) in [5.41, 5.74) is 1.21. The zero-order valence-electron chi connectivity index (χ0n) is 13.6. The van der Waals surface area contributed by atoms with Crippen molar-refractivity contribution in [1.29, 1.82) is 0 Å². The lowest BCUT2D eigenvalue weighted by atomic mass is 10.1. The molecule has 0 unspecified atom stereocenters. The lowest BCUT2D eigenvalue weighted by molar-refractivity contribution is 0.0453. The maximum atomic E-state index is 12.3. The fourth-order valence-electron chi connectivity index (χ4n) is 3.39. The Morgan fingerprint density at radius 2 is 2.46 bits per heavy atom. The smallest absolute Gasteiger partial charge is 0.315 e. The van der Waals surface area contributed by atoms with E-state index in [2.05, 4.69) is 32.2 Å². The lowest BCUT2D eigenvalue weighted by Crippen LogP contribution is -2.42. The van der Waals surface area contributed by atoms with Crippen LogP contribution >= 0.6 is 11.3 Å². The number of nitrogens with zero attached hydrogens (tertiary/aromatic N) is 3. The average molecular weight is 347 g/mol. The van der Waals surface area contributed by atoms with Crippen LogP contribution in [0.4, 0.5) is 4.79 Å². The van der Waals surface area contributed by atoms with Crippen molar-refractivity contribution < 1.29 is 9.53 Å². The number of carbonyl (C=O) groups is 1. The second-order valence-corrected chi connectivity index (χ2v) is 7.20. The van der Waals surface area contributed by atoms with Gasteiger partial charge in [-0.05, 0) is 36.8 Å². The summed E-state index contributed by atoms with van der Waals surface area (Å²) < 4.78 is 7.69. The molecule has 4 heterocycles. The first-order chi connectivity index (χ1) is 11.7. The van der Waals surface area contributed by atoms with Crippen molar-refractivity contribution in [3.05, 3.63) is 33.5 Å². The van der Waals surface area contributed by atoms with Crippen molar-refractivity contribution >= 4 is 17.4 Å². The van der Waals surface area contributed by atoms with Gasteiger partial charge in [0, 0.05) is 24.4 Å². The molecule has 0 aromatic carbocycles. The summed E-state index contributed by atoms with van der Waals surface area (Å²) in [4.78, 5) is 18.1. The Bertz CT molecular complexity index is 741. The molecular formula is C16H21N5O2S. The highest BCUT2D eigenvalue weighted by molar-refractivity contribution is 7.10. The zero-order chi connectivity index (χ0) is 16.5. The minimum absolute atomic E-state index is 0.0528. The minimum atomic E-state index is -0.181. The summed E-state index contributed by atoms with van der Waals surface area (Å²) >= 11 is 1.76. The molecule has 0 bridgehead atoms. The summed E-state index contributed by atoms with van der Waals surface area (Å²) in [7, 11) is 0. The van der Waals surface area contributed by atoms with Gasteiger partial charge in [-0.1, -0.05) is 0 Å². The van der Waals surface area contributed by atoms with Crippen LogP contribution in [0.15, 0.2) is 11.4 Å². The Balaban J connectivity index is 1.35. The van der Waals surface area contributed by atoms with Gasteiger partial charge in [0.15, 0.2) is 0 Å². The van der Waals surface area contributed by atoms with Crippen molar-refractivity contribution in [3.63, 3.8) is 0 Å². The van der Waals surface area contributed by atoms with Gasteiger partial charge in [0.2, 0.25) is 0 Å². The Morgan fingerprint density at radius 3 is 3.38 bits per heavy atom. The molecule has 0 aliphatic carbocycles. The topological polar surface area (TPSA) is 81.1 Å². The SMILES string of the molecule is Cc1nc2n(n1)CCC[C@H]2NC(=O)NC[C@H]1OCCc2sccc21. The zero-order valence-corrected chi connectivity index (χ0v) is 14.4. The van der Waals surface area contributed by atoms with Crippen LogP contribution in [0.1, 0.15) is 47.1 Å². The van der Waals surface area contributed by atoms with Crippen LogP contribution in [0, 0.1) is 6.92 Å². The van der Waals surface area contributed by atoms with E-state index in [4.69, 9.17) is 4.74 Å². The monoisotopic (exact) mass is 347 g/mol. The molecule has 4 rings (SSSR count). The van der Waals surface area contributed by atoms with Crippen LogP contribution in [-0.4, -0.2) is 33.9 Å². The van der Waals surface area contributed by atoms with E-state index in [1.54, 1.807) is 11.3 Å². The summed E-state index contributed by atoms with van der Waals surface area (Å²) in [6.07, 6.45) is 2.79. The van der Waals surface area contributed by atoms with E-state index in [0.29, 0.717) is 13.2 Å². The highest BCUT2D eigenvalue weighted by Crippen LogP contribution is 2.30. The van der Waals surface area contributed by atoms with Gasteiger partial charge in [-0.15, -0.1) is 11.3 Å². The van der Waals surface area contributed by atoms with Gasteiger partial charge in [0.1, 0.15) is 17.8 Å². The molecule has 2 aliphatic heterocycles. The van der Waals surface area contributed by atoms with Crippen LogP contribution in [-0.2, 0) is 17.7 Å². The normalized spacial score (nSPS) is 22.5. The van der Waals surface area contributed by atoms with Crippen molar-refractivity contribution in [2.24, 2.45) is 0 Å². The molecular weight excluding hydrogens is 326 g/mol. The minimum Gasteiger partial charge on any atom is -0.371 e. The van der Waals surface area contributed by atoms with Crippen molar-refractivity contribution in [2.45, 2.75) is 44.9 Å². The average Bonchev–Trinajstić information content (AvgIpc) is 3.19. The number of aromatic nitrogens is 3. The van der Waals surface area contributed by atoms with Gasteiger partial charge < -0.3 is 15.4 Å². The number of urea groups is 1. The first kappa shape index (κ1) is 15.6. The maximum Gasteiger partial charge on any atom is 0.315 e. The van der Waals surface area contributed by atoms with E-state index in [0.717, 1.165) is 37.5 Å². The lowest BCUT2D eigenvalue weighted by Gasteiger charge is -2.25. The van der Waals surface area contributed by atoms with Gasteiger partial charge >= 0.3 is 6.03 Å². The Morgan fingerprint density at radius 1 is 1.54 bits per heavy atom. The Hall–Kier alpha value is -1.93. The van der Waals surface area contributed by atoms with Crippen molar-refractivity contribution in [2.75, 3.05) is 13.2 Å². The highest BCUT2D eigenvalue weighted by atomic mass is 32.1. The molecule has 0 saturated carbocycles. The summed E-state index contributed by atoms with van der Waals surface area (Å²) in [5.74, 6) is 1.60. The van der Waals surface area contributed by atoms with E-state index in [1.807, 2.05) is 11.6 Å². The number of hydrogen-bond donors (Lipinski definition) is 2. The molecule has 0 saturated heterocycles. The largest absolute Gasteiger partial charge is 0.371 e. The van der Waals surface area contributed by atoms with Crippen LogP contribution in [0.25, 0.3) is 0 Å². The van der Waals surface area contributed by atoms with Crippen LogP contribution < -0.4 is 10.6 Å². The fraction of sp³-hybridized carbons (Fsp3) is 0.562. The predicted molar refractivity (Wildman–Crippen MR) is 90.0 cm³/mol. The Kier molecular flexibility index (Phi) is 4.24. The molecule has 2 aromatic rings. The molecule has 2 amide bonds. The number of carbonyl (C=O) groups excluding carboxylic acids is 1. The van der Waals surface area contributed by atoms with Gasteiger partial charge in [-0.2, -0.15) is 5.10 Å². The number of amides is 2. The summed E-state index contributed by atoms with van der Waals surface area (Å²) in [6, 6.07) is 1.83. The third kappa shape index (κ3) is 3.03. The molecule has 0 fully saturated rings. The molecule has 8 heteroatoms. The standard InChI is InChI=1S/C16H21N5O2S/c1-10-18-15-12(3-2-6-21(15)20-10)19-16(22)17-9-13-11-5-8-24-14(11)4-7-23-13/h5,8,12-13H,2-4,6-7,9H2,1H3,(H2,17,19,22)/t12-,13-/m1/s1. The van der Waals surface area contributed by atoms with E-state index in [1.165, 1.54) is 10.4 Å². The van der Waals surface area contributed by atoms with E-state index >= 15 is 0 Å². The number of nitrogens with one attached hydrogen (secondary N) is 2. The van der Waals surface area contributed by atoms with E-state index < -0.39 is 0 Å². The quantitative estimate of drug-likeness (QED) is 0.891. The number of hydrogen-bond acceptors (Lipinski definition) is 5. The van der Waals surface area contributed by atoms with Gasteiger partial charge in [0.25, 0.3) is 0 Å². The predicted octanol–water partition coefficient (Wildman–Crippen LogP) is 2.10. The third-order valence-corrected chi connectivity index (χ3v) is 5.51. The van der Waals surface area contributed by atoms with Crippen LogP contribution in [0.2, 0.25) is 0 Å². The second-order valence-electron chi connectivity index (χ2n) is 6.20. The molecule has 2 aliphatic rings. The molecule has 24 heavy (non-hydrogen) atoms. The highest BCUT2D eigenvalue weighted by Gasteiger charge is 2.26. The van der Waals surface area contributed by atoms with Gasteiger partial charge in [-0.25, -0.2) is 14.5 Å². The summed E-state index contributed by atoms with van der Waals surface area (Å²) in [5, 5.41) is 12.4. The van der Waals surface area contributed by atoms with Crippen LogP contribution in [0.5, 0.6) is 0 Å². The van der Waals surface area contributed by atoms with E-state index in [-0.39, 0.29) is 18.2 Å². The first-order valence-electron chi connectivity index (χ1n) is 8.34. The van der Waals surface area contributed by atoms with Crippen molar-refractivity contribution in [1.82, 2.24) is 25.4 Å². The number of rotatable bonds is 3. The van der Waals surface area contributed by atoms with Crippen LogP contribution in [0.3, 0.4) is 0 Å². The van der Waals surface area contributed by atoms with Crippen molar-refractivity contribution in [3.8, 4) is 0 Å². The number of aryl methyl sites for hydroxylation is 2. The van der Waals surface area contributed by atoms with Gasteiger partial charge in [0.05, 0.1) is 12.6 Å².